The van der Waals surface area contributed by atoms with E-state index in [0.717, 1.165) is 18.6 Å². The van der Waals surface area contributed by atoms with Gasteiger partial charge in [-0.15, -0.1) is 11.8 Å². The van der Waals surface area contributed by atoms with Crippen LogP contribution in [0.5, 0.6) is 0 Å². The van der Waals surface area contributed by atoms with E-state index in [1.165, 1.54) is 0 Å². The van der Waals surface area contributed by atoms with E-state index in [9.17, 15) is 0 Å². The molecule has 0 aromatic carbocycles. The molecule has 0 radical (unpaired) electrons. The van der Waals surface area contributed by atoms with Crippen molar-refractivity contribution in [2.45, 2.75) is 25.8 Å². The molecule has 0 aliphatic rings. The zero-order chi connectivity index (χ0) is 8.53. The van der Waals surface area contributed by atoms with Gasteiger partial charge in [-0.25, -0.2) is 0 Å². The summed E-state index contributed by atoms with van der Waals surface area (Å²) in [6.45, 7) is 1.85. The Morgan fingerprint density at radius 1 is 1.64 bits per heavy atom. The lowest BCUT2D eigenvalue weighted by Crippen LogP contribution is -2.35. The van der Waals surface area contributed by atoms with E-state index in [1.807, 2.05) is 18.7 Å². The Kier molecular flexibility index (Phi) is 7.81. The minimum absolute atomic E-state index is 0.356. The van der Waals surface area contributed by atoms with Gasteiger partial charge in [0.2, 0.25) is 0 Å². The van der Waals surface area contributed by atoms with Crippen molar-refractivity contribution in [3.8, 4) is 11.8 Å². The van der Waals surface area contributed by atoms with Gasteiger partial charge in [0.15, 0.2) is 0 Å². The summed E-state index contributed by atoms with van der Waals surface area (Å²) in [6, 6.07) is 0.356. The van der Waals surface area contributed by atoms with Gasteiger partial charge < -0.3 is 0 Å². The lowest BCUT2D eigenvalue weighted by atomic mass is 10.2. The highest BCUT2D eigenvalue weighted by Gasteiger charge is 2.02. The van der Waals surface area contributed by atoms with Crippen molar-refractivity contribution >= 4 is 11.8 Å². The molecule has 2 nitrogen and oxygen atoms in total. The maximum Gasteiger partial charge on any atom is 0.0327 e. The van der Waals surface area contributed by atoms with Crippen molar-refractivity contribution in [3.05, 3.63) is 0 Å². The fourth-order valence-corrected chi connectivity index (χ4v) is 1.25. The lowest BCUT2D eigenvalue weighted by molar-refractivity contribution is 0.528. The molecule has 0 saturated heterocycles. The number of thioether (sulfide) groups is 1. The Hall–Kier alpha value is -0.170. The largest absolute Gasteiger partial charge is 0.271 e. The molecule has 0 bridgehead atoms. The molecule has 64 valence electrons. The SMILES string of the molecule is CC#CCC(CCSC)NN. The Morgan fingerprint density at radius 2 is 2.36 bits per heavy atom. The highest BCUT2D eigenvalue weighted by atomic mass is 32.2. The zero-order valence-corrected chi connectivity index (χ0v) is 8.00. The van der Waals surface area contributed by atoms with Gasteiger partial charge in [-0.1, -0.05) is 0 Å². The Labute approximate surface area is 73.3 Å². The maximum absolute atomic E-state index is 5.33. The number of hydrazine groups is 1. The fraction of sp³-hybridized carbons (Fsp3) is 0.750. The second-order valence-electron chi connectivity index (χ2n) is 2.28. The second-order valence-corrected chi connectivity index (χ2v) is 3.26. The Morgan fingerprint density at radius 3 is 2.82 bits per heavy atom. The van der Waals surface area contributed by atoms with E-state index in [0.29, 0.717) is 6.04 Å². The Balaban J connectivity index is 3.46. The molecule has 1 unspecified atom stereocenters. The van der Waals surface area contributed by atoms with E-state index in [1.54, 1.807) is 0 Å². The number of nitrogens with one attached hydrogen (secondary N) is 1. The number of rotatable bonds is 5. The molecule has 0 aliphatic heterocycles. The van der Waals surface area contributed by atoms with Crippen LogP contribution in [0.25, 0.3) is 0 Å². The van der Waals surface area contributed by atoms with Crippen LogP contribution in [0.1, 0.15) is 19.8 Å². The quantitative estimate of drug-likeness (QED) is 0.369. The van der Waals surface area contributed by atoms with Gasteiger partial charge in [0.1, 0.15) is 0 Å². The van der Waals surface area contributed by atoms with Gasteiger partial charge in [-0.2, -0.15) is 11.8 Å². The molecule has 0 aliphatic carbocycles. The van der Waals surface area contributed by atoms with Crippen LogP contribution in [0.4, 0.5) is 0 Å². The minimum atomic E-state index is 0.356. The third kappa shape index (κ3) is 6.24. The fourth-order valence-electron chi connectivity index (χ4n) is 0.730. The summed E-state index contributed by atoms with van der Waals surface area (Å²) in [5.74, 6) is 12.3. The molecular formula is C8H16N2S. The van der Waals surface area contributed by atoms with Crippen molar-refractivity contribution in [3.63, 3.8) is 0 Å². The molecular weight excluding hydrogens is 156 g/mol. The first-order valence-corrected chi connectivity index (χ1v) is 5.09. The molecule has 0 aromatic heterocycles. The van der Waals surface area contributed by atoms with Gasteiger partial charge in [-0.05, 0) is 25.4 Å². The minimum Gasteiger partial charge on any atom is -0.271 e. The first-order valence-electron chi connectivity index (χ1n) is 3.69. The molecule has 3 N–H and O–H groups in total. The summed E-state index contributed by atoms with van der Waals surface area (Å²) in [5.41, 5.74) is 2.76. The van der Waals surface area contributed by atoms with Crippen LogP contribution in [-0.2, 0) is 0 Å². The van der Waals surface area contributed by atoms with Gasteiger partial charge in [0, 0.05) is 12.5 Å². The van der Waals surface area contributed by atoms with Crippen LogP contribution in [0.2, 0.25) is 0 Å². The van der Waals surface area contributed by atoms with Crippen molar-refractivity contribution in [2.24, 2.45) is 5.84 Å². The standard InChI is InChI=1S/C8H16N2S/c1-3-4-5-8(10-9)6-7-11-2/h8,10H,5-7,9H2,1-2H3. The average molecular weight is 172 g/mol. The lowest BCUT2D eigenvalue weighted by Gasteiger charge is -2.10. The number of hydrogen-bond acceptors (Lipinski definition) is 3. The predicted molar refractivity (Wildman–Crippen MR) is 52.2 cm³/mol. The topological polar surface area (TPSA) is 38.0 Å². The Bertz CT molecular complexity index is 137. The smallest absolute Gasteiger partial charge is 0.0327 e. The average Bonchev–Trinajstić information content (AvgIpc) is 2.05. The molecule has 1 atom stereocenters. The monoisotopic (exact) mass is 172 g/mol. The van der Waals surface area contributed by atoms with Gasteiger partial charge in [0.05, 0.1) is 0 Å². The zero-order valence-electron chi connectivity index (χ0n) is 7.18. The van der Waals surface area contributed by atoms with Crippen LogP contribution in [0.3, 0.4) is 0 Å². The first kappa shape index (κ1) is 10.8. The van der Waals surface area contributed by atoms with E-state index in [-0.39, 0.29) is 0 Å². The van der Waals surface area contributed by atoms with Crippen LogP contribution in [-0.4, -0.2) is 18.1 Å². The molecule has 0 spiro atoms. The number of hydrogen-bond donors (Lipinski definition) is 2. The normalized spacial score (nSPS) is 11.9. The summed E-state index contributed by atoms with van der Waals surface area (Å²) >= 11 is 1.84. The van der Waals surface area contributed by atoms with Crippen molar-refractivity contribution in [1.29, 1.82) is 0 Å². The molecule has 0 fully saturated rings. The second kappa shape index (κ2) is 7.93. The molecule has 3 heteroatoms. The van der Waals surface area contributed by atoms with E-state index >= 15 is 0 Å². The van der Waals surface area contributed by atoms with Gasteiger partial charge in [0.25, 0.3) is 0 Å². The summed E-state index contributed by atoms with van der Waals surface area (Å²) in [5, 5.41) is 0. The summed E-state index contributed by atoms with van der Waals surface area (Å²) < 4.78 is 0. The summed E-state index contributed by atoms with van der Waals surface area (Å²) in [6.07, 6.45) is 4.04. The maximum atomic E-state index is 5.33. The van der Waals surface area contributed by atoms with Crippen LogP contribution < -0.4 is 11.3 Å². The van der Waals surface area contributed by atoms with Gasteiger partial charge >= 0.3 is 0 Å². The highest BCUT2D eigenvalue weighted by Crippen LogP contribution is 2.02. The third-order valence-corrected chi connectivity index (χ3v) is 2.08. The van der Waals surface area contributed by atoms with Crippen LogP contribution in [0, 0.1) is 11.8 Å². The van der Waals surface area contributed by atoms with E-state index in [2.05, 4.69) is 23.5 Å². The summed E-state index contributed by atoms with van der Waals surface area (Å²) in [4.78, 5) is 0. The van der Waals surface area contributed by atoms with Crippen LogP contribution in [0.15, 0.2) is 0 Å². The molecule has 0 rings (SSSR count). The molecule has 0 saturated carbocycles. The van der Waals surface area contributed by atoms with Crippen molar-refractivity contribution in [2.75, 3.05) is 12.0 Å². The van der Waals surface area contributed by atoms with Crippen molar-refractivity contribution in [1.82, 2.24) is 5.43 Å². The van der Waals surface area contributed by atoms with E-state index in [4.69, 9.17) is 5.84 Å². The van der Waals surface area contributed by atoms with Crippen molar-refractivity contribution < 1.29 is 0 Å². The highest BCUT2D eigenvalue weighted by molar-refractivity contribution is 7.98. The third-order valence-electron chi connectivity index (χ3n) is 1.43. The molecule has 0 aromatic rings. The van der Waals surface area contributed by atoms with Gasteiger partial charge in [-0.3, -0.25) is 11.3 Å². The van der Waals surface area contributed by atoms with Crippen LogP contribution >= 0.6 is 11.8 Å². The molecule has 0 amide bonds. The molecule has 11 heavy (non-hydrogen) atoms. The number of nitrogens with two attached hydrogens (primary N) is 1. The van der Waals surface area contributed by atoms with E-state index < -0.39 is 0 Å². The summed E-state index contributed by atoms with van der Waals surface area (Å²) in [7, 11) is 0. The first-order chi connectivity index (χ1) is 5.35. The molecule has 0 heterocycles. The predicted octanol–water partition coefficient (Wildman–Crippen LogP) is 0.985.